The van der Waals surface area contributed by atoms with Crippen molar-refractivity contribution in [3.8, 4) is 17.2 Å². The van der Waals surface area contributed by atoms with Gasteiger partial charge in [0.2, 0.25) is 5.89 Å². The number of carboxylic acids is 1. The molecule has 1 aromatic heterocycles. The van der Waals surface area contributed by atoms with E-state index in [2.05, 4.69) is 4.98 Å². The Labute approximate surface area is 199 Å². The van der Waals surface area contributed by atoms with E-state index in [0.29, 0.717) is 29.6 Å². The van der Waals surface area contributed by atoms with Gasteiger partial charge in [-0.05, 0) is 70.0 Å². The van der Waals surface area contributed by atoms with Gasteiger partial charge in [-0.25, -0.2) is 19.1 Å². The first-order valence-electron chi connectivity index (χ1n) is 11.0. The quantitative estimate of drug-likeness (QED) is 0.464. The van der Waals surface area contributed by atoms with Gasteiger partial charge in [0.1, 0.15) is 30.3 Å². The number of aryl methyl sites for hydroxylation is 3. The maximum absolute atomic E-state index is 12.6. The summed E-state index contributed by atoms with van der Waals surface area (Å²) >= 11 is 0. The van der Waals surface area contributed by atoms with E-state index in [1.807, 2.05) is 63.2 Å². The number of primary amides is 1. The number of hydrogen-bond acceptors (Lipinski definition) is 5. The van der Waals surface area contributed by atoms with Gasteiger partial charge < -0.3 is 20.0 Å². The molecule has 1 heterocycles. The van der Waals surface area contributed by atoms with Crippen molar-refractivity contribution in [1.29, 1.82) is 0 Å². The van der Waals surface area contributed by atoms with E-state index < -0.39 is 17.6 Å². The third-order valence-corrected chi connectivity index (χ3v) is 5.87. The van der Waals surface area contributed by atoms with Crippen LogP contribution in [-0.4, -0.2) is 39.2 Å². The third-order valence-electron chi connectivity index (χ3n) is 5.87. The molecule has 0 saturated carbocycles. The smallest absolute Gasteiger partial charge is 0.414 e. The number of nitrogens with zero attached hydrogens (tertiary/aromatic N) is 2. The van der Waals surface area contributed by atoms with Gasteiger partial charge in [-0.3, -0.25) is 0 Å². The van der Waals surface area contributed by atoms with Crippen LogP contribution in [0.2, 0.25) is 0 Å². The highest BCUT2D eigenvalue weighted by molar-refractivity contribution is 5.77. The lowest BCUT2D eigenvalue weighted by molar-refractivity contribution is -0.856. The molecule has 0 spiro atoms. The summed E-state index contributed by atoms with van der Waals surface area (Å²) in [5, 5.41) is 9.40. The topological polar surface area (TPSA) is 116 Å². The van der Waals surface area contributed by atoms with Crippen molar-refractivity contribution in [3.05, 3.63) is 70.6 Å². The zero-order chi connectivity index (χ0) is 25.3. The number of carbonyl (C=O) groups is 2. The van der Waals surface area contributed by atoms with Crippen molar-refractivity contribution in [2.45, 2.75) is 53.3 Å². The number of aromatic nitrogens is 1. The summed E-state index contributed by atoms with van der Waals surface area (Å²) in [6, 6.07) is 12.9. The van der Waals surface area contributed by atoms with Crippen molar-refractivity contribution in [1.82, 2.24) is 4.98 Å². The molecule has 3 rings (SSSR count). The molecule has 2 amide bonds. The summed E-state index contributed by atoms with van der Waals surface area (Å²) < 4.78 is 11.5. The lowest BCUT2D eigenvalue weighted by Gasteiger charge is -2.30. The van der Waals surface area contributed by atoms with Gasteiger partial charge in [0.05, 0.1) is 7.05 Å². The number of hydrogen-bond donors (Lipinski definition) is 2. The Hall–Kier alpha value is -3.65. The molecule has 0 aliphatic rings. The monoisotopic (exact) mass is 466 g/mol. The molecule has 0 radical (unpaired) electrons. The van der Waals surface area contributed by atoms with Gasteiger partial charge in [-0.15, -0.1) is 0 Å². The Kier molecular flexibility index (Phi) is 6.84. The summed E-state index contributed by atoms with van der Waals surface area (Å²) in [6.45, 7) is 9.13. The summed E-state index contributed by atoms with van der Waals surface area (Å²) in [4.78, 5) is 28.7. The van der Waals surface area contributed by atoms with Crippen molar-refractivity contribution in [2.24, 2.45) is 5.73 Å². The highest BCUT2D eigenvalue weighted by atomic mass is 16.5. The molecule has 0 aliphatic heterocycles. The van der Waals surface area contributed by atoms with Gasteiger partial charge in [0, 0.05) is 11.1 Å². The van der Waals surface area contributed by atoms with Gasteiger partial charge >= 0.3 is 12.0 Å². The van der Waals surface area contributed by atoms with Crippen LogP contribution in [0.25, 0.3) is 11.5 Å². The summed E-state index contributed by atoms with van der Waals surface area (Å²) in [6.07, 6.45) is 0. The first-order chi connectivity index (χ1) is 15.8. The van der Waals surface area contributed by atoms with Crippen LogP contribution in [0.5, 0.6) is 5.75 Å². The molecule has 180 valence electrons. The van der Waals surface area contributed by atoms with Crippen LogP contribution in [0.15, 0.2) is 46.9 Å². The van der Waals surface area contributed by atoms with Crippen LogP contribution < -0.4 is 10.5 Å². The molecule has 8 nitrogen and oxygen atoms in total. The maximum Gasteiger partial charge on any atom is 0.414 e. The predicted octanol–water partition coefficient (Wildman–Crippen LogP) is 4.73. The second-order valence-electron chi connectivity index (χ2n) is 9.41. The summed E-state index contributed by atoms with van der Waals surface area (Å²) in [5.74, 6) is 0.602. The molecular formula is C26H32N3O5+. The van der Waals surface area contributed by atoms with Crippen LogP contribution in [0.1, 0.15) is 42.0 Å². The van der Waals surface area contributed by atoms with E-state index in [-0.39, 0.29) is 11.0 Å². The molecule has 1 atom stereocenters. The van der Waals surface area contributed by atoms with Crippen LogP contribution in [0, 0.1) is 20.8 Å². The minimum Gasteiger partial charge on any atom is -0.478 e. The zero-order valence-corrected chi connectivity index (χ0v) is 20.5. The number of amides is 2. The number of quaternary nitrogens is 1. The second kappa shape index (κ2) is 9.30. The fraction of sp³-hybridized carbons (Fsp3) is 0.346. The molecular weight excluding hydrogens is 434 g/mol. The Morgan fingerprint density at radius 1 is 1.09 bits per heavy atom. The van der Waals surface area contributed by atoms with Crippen molar-refractivity contribution in [3.63, 3.8) is 0 Å². The number of nitrogens with two attached hydrogens (primary N) is 1. The number of oxazole rings is 1. The fourth-order valence-electron chi connectivity index (χ4n) is 3.82. The van der Waals surface area contributed by atoms with Crippen LogP contribution >= 0.6 is 0 Å². The molecule has 8 heteroatoms. The fourth-order valence-corrected chi connectivity index (χ4v) is 3.82. The number of urea groups is 1. The molecule has 0 fully saturated rings. The Bertz CT molecular complexity index is 1190. The van der Waals surface area contributed by atoms with Crippen LogP contribution in [-0.2, 0) is 17.9 Å². The number of benzene rings is 2. The lowest BCUT2D eigenvalue weighted by Crippen LogP contribution is -2.51. The summed E-state index contributed by atoms with van der Waals surface area (Å²) in [5.41, 5.74) is 8.44. The average Bonchev–Trinajstić information content (AvgIpc) is 3.11. The van der Waals surface area contributed by atoms with Gasteiger partial charge in [0.25, 0.3) is 0 Å². The largest absolute Gasteiger partial charge is 0.478 e. The highest BCUT2D eigenvalue weighted by Gasteiger charge is 2.34. The first-order valence-corrected chi connectivity index (χ1v) is 11.0. The van der Waals surface area contributed by atoms with Crippen LogP contribution in [0.4, 0.5) is 4.79 Å². The number of ether oxygens (including phenoxy) is 1. The number of aliphatic carboxylic acids is 1. The number of carboxylic acid groups (broad SMARTS) is 1. The Morgan fingerprint density at radius 2 is 1.68 bits per heavy atom. The second-order valence-corrected chi connectivity index (χ2v) is 9.41. The van der Waals surface area contributed by atoms with E-state index >= 15 is 0 Å². The molecule has 0 saturated heterocycles. The third kappa shape index (κ3) is 5.28. The molecule has 1 unspecified atom stereocenters. The van der Waals surface area contributed by atoms with E-state index in [9.17, 15) is 14.7 Å². The summed E-state index contributed by atoms with van der Waals surface area (Å²) in [7, 11) is 1.77. The first kappa shape index (κ1) is 25.0. The van der Waals surface area contributed by atoms with Crippen LogP contribution in [0.3, 0.4) is 0 Å². The van der Waals surface area contributed by atoms with E-state index in [4.69, 9.17) is 14.9 Å². The van der Waals surface area contributed by atoms with Gasteiger partial charge in [0.15, 0.2) is 5.60 Å². The minimum absolute atomic E-state index is 0.110. The number of rotatable bonds is 8. The number of carbonyl (C=O) groups excluding carboxylic acids is 1. The Balaban J connectivity index is 1.88. The average molecular weight is 467 g/mol. The van der Waals surface area contributed by atoms with E-state index in [0.717, 1.165) is 22.3 Å². The predicted molar refractivity (Wildman–Crippen MR) is 128 cm³/mol. The minimum atomic E-state index is -1.37. The molecule has 3 aromatic rings. The molecule has 34 heavy (non-hydrogen) atoms. The molecule has 3 N–H and O–H groups in total. The maximum atomic E-state index is 12.6. The standard InChI is InChI=1S/C26H31N3O5/c1-16-12-19(13-17(2)22(16)34-26(4,5)24(30)31)14-29(6,25(27)32)15-21-18(3)33-23(28-21)20-10-8-7-9-11-20/h7-13H,14-15H2,1-6H3,(H2-,27,30,31,32)/p+1. The van der Waals surface area contributed by atoms with E-state index in [1.165, 1.54) is 13.8 Å². The van der Waals surface area contributed by atoms with Crippen molar-refractivity contribution in [2.75, 3.05) is 7.05 Å². The Morgan fingerprint density at radius 3 is 2.21 bits per heavy atom. The molecule has 0 bridgehead atoms. The van der Waals surface area contributed by atoms with E-state index in [1.54, 1.807) is 7.05 Å². The lowest BCUT2D eigenvalue weighted by atomic mass is 10.0. The SMILES string of the molecule is Cc1cc(C[N+](C)(Cc2nc(-c3ccccc3)oc2C)C(N)=O)cc(C)c1OC(C)(C)C(=O)O. The van der Waals surface area contributed by atoms with Crippen molar-refractivity contribution >= 4 is 12.0 Å². The molecule has 2 aromatic carbocycles. The highest BCUT2D eigenvalue weighted by Crippen LogP contribution is 2.31. The van der Waals surface area contributed by atoms with Gasteiger partial charge in [-0.1, -0.05) is 18.2 Å². The van der Waals surface area contributed by atoms with Gasteiger partial charge in [-0.2, -0.15) is 0 Å². The molecule has 0 aliphatic carbocycles. The normalized spacial score (nSPS) is 13.4. The van der Waals surface area contributed by atoms with Crippen molar-refractivity contribution < 1.29 is 28.3 Å². The zero-order valence-electron chi connectivity index (χ0n) is 20.5.